The van der Waals surface area contributed by atoms with Crippen LogP contribution in [-0.2, 0) is 0 Å². The topological polar surface area (TPSA) is 78.7 Å². The highest BCUT2D eigenvalue weighted by Gasteiger charge is 2.22. The van der Waals surface area contributed by atoms with Crippen LogP contribution < -0.4 is 9.47 Å². The van der Waals surface area contributed by atoms with Gasteiger partial charge in [-0.25, -0.2) is 0 Å². The van der Waals surface area contributed by atoms with E-state index in [9.17, 15) is 14.9 Å². The second-order valence-corrected chi connectivity index (χ2v) is 4.39. The molecule has 20 heavy (non-hydrogen) atoms. The lowest BCUT2D eigenvalue weighted by molar-refractivity contribution is -0.385. The second kappa shape index (κ2) is 7.47. The van der Waals surface area contributed by atoms with Crippen molar-refractivity contribution in [3.05, 3.63) is 27.8 Å². The summed E-state index contributed by atoms with van der Waals surface area (Å²) >= 11 is 0. The van der Waals surface area contributed by atoms with Gasteiger partial charge in [-0.2, -0.15) is 0 Å². The van der Waals surface area contributed by atoms with Crippen LogP contribution in [0.25, 0.3) is 0 Å². The number of unbranched alkanes of at least 4 members (excludes halogenated alkanes) is 2. The first-order chi connectivity index (χ1) is 9.51. The van der Waals surface area contributed by atoms with Gasteiger partial charge in [0, 0.05) is 6.07 Å². The summed E-state index contributed by atoms with van der Waals surface area (Å²) in [7, 11) is 1.43. The smallest absolute Gasteiger partial charge is 0.284 e. The lowest BCUT2D eigenvalue weighted by Crippen LogP contribution is -2.04. The molecule has 0 aromatic heterocycles. The zero-order valence-electron chi connectivity index (χ0n) is 12.0. The standard InChI is InChI=1S/C14H19NO5/c1-4-5-6-7-20-14-9-12(15(17)18)11(10(2)16)8-13(14)19-3/h8-9H,4-7H2,1-3H3. The molecule has 0 amide bonds. The molecule has 0 saturated heterocycles. The minimum atomic E-state index is -0.588. The Morgan fingerprint density at radius 2 is 2.00 bits per heavy atom. The number of methoxy groups -OCH3 is 1. The van der Waals surface area contributed by atoms with Crippen LogP contribution in [0.15, 0.2) is 12.1 Å². The van der Waals surface area contributed by atoms with Crippen molar-refractivity contribution in [2.45, 2.75) is 33.1 Å². The third-order valence-electron chi connectivity index (χ3n) is 2.86. The number of ketones is 1. The fourth-order valence-electron chi connectivity index (χ4n) is 1.79. The Labute approximate surface area is 117 Å². The van der Waals surface area contributed by atoms with E-state index in [1.54, 1.807) is 0 Å². The summed E-state index contributed by atoms with van der Waals surface area (Å²) < 4.78 is 10.6. The molecule has 0 saturated carbocycles. The first-order valence-corrected chi connectivity index (χ1v) is 6.51. The van der Waals surface area contributed by atoms with Crippen LogP contribution in [0, 0.1) is 10.1 Å². The summed E-state index contributed by atoms with van der Waals surface area (Å²) in [5, 5.41) is 11.0. The van der Waals surface area contributed by atoms with Gasteiger partial charge in [-0.3, -0.25) is 14.9 Å². The molecule has 1 aromatic carbocycles. The number of ether oxygens (including phenoxy) is 2. The first kappa shape index (κ1) is 15.9. The Kier molecular flexibility index (Phi) is 5.96. The van der Waals surface area contributed by atoms with E-state index in [2.05, 4.69) is 6.92 Å². The van der Waals surface area contributed by atoms with Crippen molar-refractivity contribution in [1.82, 2.24) is 0 Å². The number of hydrogen-bond acceptors (Lipinski definition) is 5. The molecule has 0 aliphatic carbocycles. The van der Waals surface area contributed by atoms with Gasteiger partial charge in [0.05, 0.1) is 30.3 Å². The SMILES string of the molecule is CCCCCOc1cc([N+](=O)[O-])c(C(C)=O)cc1OC. The molecular weight excluding hydrogens is 262 g/mol. The average Bonchev–Trinajstić information content (AvgIpc) is 2.42. The minimum absolute atomic E-state index is 0.0211. The maximum Gasteiger partial charge on any atom is 0.284 e. The van der Waals surface area contributed by atoms with E-state index in [1.807, 2.05) is 0 Å². The molecular formula is C14H19NO5. The number of rotatable bonds is 8. The molecule has 0 unspecified atom stereocenters. The van der Waals surface area contributed by atoms with Crippen molar-refractivity contribution < 1.29 is 19.2 Å². The molecule has 0 bridgehead atoms. The third kappa shape index (κ3) is 3.94. The van der Waals surface area contributed by atoms with Crippen LogP contribution in [-0.4, -0.2) is 24.4 Å². The van der Waals surface area contributed by atoms with Gasteiger partial charge in [-0.1, -0.05) is 19.8 Å². The lowest BCUT2D eigenvalue weighted by atomic mass is 10.1. The summed E-state index contributed by atoms with van der Waals surface area (Å²) in [4.78, 5) is 21.9. The normalized spacial score (nSPS) is 10.2. The van der Waals surface area contributed by atoms with E-state index >= 15 is 0 Å². The zero-order chi connectivity index (χ0) is 15.1. The third-order valence-corrected chi connectivity index (χ3v) is 2.86. The number of nitro benzene ring substituents is 1. The summed E-state index contributed by atoms with van der Waals surface area (Å²) in [6.07, 6.45) is 2.95. The molecule has 0 aliphatic rings. The molecule has 0 N–H and O–H groups in total. The van der Waals surface area contributed by atoms with Crippen molar-refractivity contribution in [2.24, 2.45) is 0 Å². The molecule has 0 aliphatic heterocycles. The zero-order valence-corrected chi connectivity index (χ0v) is 12.0. The number of carbonyl (C=O) groups is 1. The predicted octanol–water partition coefficient (Wildman–Crippen LogP) is 3.38. The van der Waals surface area contributed by atoms with Gasteiger partial charge in [-0.15, -0.1) is 0 Å². The molecule has 0 heterocycles. The number of carbonyl (C=O) groups excluding carboxylic acids is 1. The van der Waals surface area contributed by atoms with E-state index in [1.165, 1.54) is 26.2 Å². The predicted molar refractivity (Wildman–Crippen MR) is 74.7 cm³/mol. The Bertz CT molecular complexity index is 499. The quantitative estimate of drug-likeness (QED) is 0.316. The van der Waals surface area contributed by atoms with Gasteiger partial charge in [0.15, 0.2) is 17.3 Å². The average molecular weight is 281 g/mol. The van der Waals surface area contributed by atoms with Crippen LogP contribution >= 0.6 is 0 Å². The summed E-state index contributed by atoms with van der Waals surface area (Å²) in [5.41, 5.74) is -0.239. The molecule has 1 rings (SSSR count). The van der Waals surface area contributed by atoms with Gasteiger partial charge in [0.25, 0.3) is 5.69 Å². The van der Waals surface area contributed by atoms with Gasteiger partial charge < -0.3 is 9.47 Å². The summed E-state index contributed by atoms with van der Waals surface area (Å²) in [6, 6.07) is 2.61. The van der Waals surface area contributed by atoms with Crippen LogP contribution in [0.5, 0.6) is 11.5 Å². The van der Waals surface area contributed by atoms with Gasteiger partial charge in [-0.05, 0) is 13.3 Å². The Hall–Kier alpha value is -2.11. The molecule has 0 fully saturated rings. The molecule has 0 spiro atoms. The fourth-order valence-corrected chi connectivity index (χ4v) is 1.79. The monoisotopic (exact) mass is 281 g/mol. The Morgan fingerprint density at radius 3 is 2.50 bits per heavy atom. The van der Waals surface area contributed by atoms with Crippen LogP contribution in [0.4, 0.5) is 5.69 Å². The van der Waals surface area contributed by atoms with Gasteiger partial charge in [0.2, 0.25) is 0 Å². The number of Topliss-reactive ketones (excluding diaryl/α,β-unsaturated/α-hetero) is 1. The van der Waals surface area contributed by atoms with Crippen molar-refractivity contribution in [2.75, 3.05) is 13.7 Å². The molecule has 0 atom stereocenters. The van der Waals surface area contributed by atoms with Gasteiger partial charge in [0.1, 0.15) is 0 Å². The number of hydrogen-bond donors (Lipinski definition) is 0. The van der Waals surface area contributed by atoms with Crippen molar-refractivity contribution in [3.63, 3.8) is 0 Å². The molecule has 1 aromatic rings. The fraction of sp³-hybridized carbons (Fsp3) is 0.500. The van der Waals surface area contributed by atoms with Crippen LogP contribution in [0.2, 0.25) is 0 Å². The van der Waals surface area contributed by atoms with Crippen molar-refractivity contribution in [1.29, 1.82) is 0 Å². The summed E-state index contributed by atoms with van der Waals surface area (Å²) in [6.45, 7) is 3.82. The number of nitrogens with zero attached hydrogens (tertiary/aromatic N) is 1. The van der Waals surface area contributed by atoms with Crippen molar-refractivity contribution in [3.8, 4) is 11.5 Å². The highest BCUT2D eigenvalue weighted by molar-refractivity contribution is 5.98. The second-order valence-electron chi connectivity index (χ2n) is 4.39. The number of benzene rings is 1. The molecule has 110 valence electrons. The van der Waals surface area contributed by atoms with E-state index in [0.29, 0.717) is 18.1 Å². The van der Waals surface area contributed by atoms with E-state index in [4.69, 9.17) is 9.47 Å². The summed E-state index contributed by atoms with van der Waals surface area (Å²) in [5.74, 6) is 0.241. The lowest BCUT2D eigenvalue weighted by Gasteiger charge is -2.11. The number of nitro groups is 1. The molecule has 6 nitrogen and oxygen atoms in total. The highest BCUT2D eigenvalue weighted by atomic mass is 16.6. The minimum Gasteiger partial charge on any atom is -0.493 e. The molecule has 6 heteroatoms. The van der Waals surface area contributed by atoms with Crippen LogP contribution in [0.1, 0.15) is 43.5 Å². The Morgan fingerprint density at radius 1 is 1.30 bits per heavy atom. The van der Waals surface area contributed by atoms with E-state index in [0.717, 1.165) is 19.3 Å². The van der Waals surface area contributed by atoms with Crippen molar-refractivity contribution >= 4 is 11.5 Å². The molecule has 0 radical (unpaired) electrons. The van der Waals surface area contributed by atoms with E-state index in [-0.39, 0.29) is 17.0 Å². The Balaban J connectivity index is 3.07. The largest absolute Gasteiger partial charge is 0.493 e. The maximum atomic E-state index is 11.4. The van der Waals surface area contributed by atoms with Crippen LogP contribution in [0.3, 0.4) is 0 Å². The van der Waals surface area contributed by atoms with Gasteiger partial charge >= 0.3 is 0 Å². The first-order valence-electron chi connectivity index (χ1n) is 6.51. The van der Waals surface area contributed by atoms with E-state index < -0.39 is 4.92 Å². The maximum absolute atomic E-state index is 11.4. The highest BCUT2D eigenvalue weighted by Crippen LogP contribution is 2.35.